The molecule has 0 N–H and O–H groups in total. The van der Waals surface area contributed by atoms with Crippen molar-refractivity contribution in [2.45, 2.75) is 0 Å². The van der Waals surface area contributed by atoms with E-state index in [0.29, 0.717) is 0 Å². The second-order valence-corrected chi connectivity index (χ2v) is 2.83. The Labute approximate surface area is 192 Å². The molecule has 0 fully saturated rings. The molecule has 0 aromatic rings. The molecule has 22 heavy (non-hydrogen) atoms. The summed E-state index contributed by atoms with van der Waals surface area (Å²) < 4.78 is 126. The maximum atomic E-state index is 8.41. The molecule has 0 aliphatic heterocycles. The SMILES string of the molecule is [K+].[O-][Cl+2]([O-])[O-].[O-][Cl+2]([O-])[O-].[O-][Cl+2]([O-])[O-].[O-][Cl+2]([O-])[O-].[O-][Cl+2]([O-])[O-].[Os+4]. The van der Waals surface area contributed by atoms with Crippen LogP contribution in [0.4, 0.5) is 0 Å². The normalized spacial score (nSPS) is 8.18. The quantitative estimate of drug-likeness (QED) is 0.220. The number of halogens is 5. The van der Waals surface area contributed by atoms with Gasteiger partial charge in [0.25, 0.3) is 0 Å². The molecule has 0 saturated heterocycles. The topological polar surface area (TPSA) is 346 Å². The predicted molar refractivity (Wildman–Crippen MR) is 0 cm³/mol. The third-order valence-electron chi connectivity index (χ3n) is 0. The molecule has 0 rings (SSSR count). The van der Waals surface area contributed by atoms with Gasteiger partial charge in [-0.05, 0) is 0 Å². The van der Waals surface area contributed by atoms with Gasteiger partial charge in [0.15, 0.2) is 0 Å². The van der Waals surface area contributed by atoms with E-state index in [1.165, 1.54) is 0 Å². The van der Waals surface area contributed by atoms with Crippen molar-refractivity contribution in [3.63, 3.8) is 0 Å². The van der Waals surface area contributed by atoms with Crippen molar-refractivity contribution in [1.29, 1.82) is 0 Å². The molecule has 0 aromatic carbocycles. The van der Waals surface area contributed by atoms with Crippen molar-refractivity contribution >= 4 is 0 Å². The van der Waals surface area contributed by atoms with Crippen LogP contribution in [0.1, 0.15) is 0 Å². The minimum Gasteiger partial charge on any atom is -0.357 e. The summed E-state index contributed by atoms with van der Waals surface area (Å²) in [5.41, 5.74) is 0. The Morgan fingerprint density at radius 3 is 0.273 bits per heavy atom. The first-order valence-electron chi connectivity index (χ1n) is 2.31. The zero-order valence-electron chi connectivity index (χ0n) is 9.37. The van der Waals surface area contributed by atoms with Gasteiger partial charge >= 0.3 is 71.2 Å². The van der Waals surface area contributed by atoms with E-state index in [2.05, 4.69) is 0 Å². The van der Waals surface area contributed by atoms with Crippen LogP contribution in [0.15, 0.2) is 0 Å². The summed E-state index contributed by atoms with van der Waals surface area (Å²) in [5.74, 6) is 0. The van der Waals surface area contributed by atoms with Gasteiger partial charge in [0.1, 0.15) is 0 Å². The fraction of sp³-hybridized carbons (Fsp3) is 0. The van der Waals surface area contributed by atoms with Gasteiger partial charge in [-0.1, -0.05) is 0 Å². The standard InChI is InChI=1S/5ClO3.K.Os/c5*2-1(3)4;;/q5*-1;+1;+4. The van der Waals surface area contributed by atoms with Crippen molar-refractivity contribution in [1.82, 2.24) is 0 Å². The molecule has 0 bridgehead atoms. The number of rotatable bonds is 0. The maximum Gasteiger partial charge on any atom is 4.00 e. The first-order chi connectivity index (χ1) is 8.66. The van der Waals surface area contributed by atoms with Crippen LogP contribution >= 0.6 is 0 Å². The van der Waals surface area contributed by atoms with Gasteiger partial charge in [-0.2, -0.15) is 0 Å². The third-order valence-corrected chi connectivity index (χ3v) is 0. The van der Waals surface area contributed by atoms with Crippen LogP contribution in [0.5, 0.6) is 0 Å². The second kappa shape index (κ2) is 39.3. The van der Waals surface area contributed by atoms with Gasteiger partial charge < -0.3 is 69.9 Å². The Balaban J connectivity index is -0.0000000250. The molecule has 0 saturated carbocycles. The van der Waals surface area contributed by atoms with E-state index in [-0.39, 0.29) is 71.2 Å². The van der Waals surface area contributed by atoms with Gasteiger partial charge in [-0.3, -0.25) is 0 Å². The molecular formula is Cl5KO15Os. The largest absolute Gasteiger partial charge is 4.00 e. The molecule has 0 aliphatic carbocycles. The van der Waals surface area contributed by atoms with E-state index in [1.807, 2.05) is 0 Å². The van der Waals surface area contributed by atoms with E-state index < -0.39 is 53.9 Å². The molecule has 0 radical (unpaired) electrons. The summed E-state index contributed by atoms with van der Waals surface area (Å²) in [4.78, 5) is 0. The zero-order chi connectivity index (χ0) is 17.9. The average molecular weight is 647 g/mol. The van der Waals surface area contributed by atoms with Crippen LogP contribution in [0.2, 0.25) is 0 Å². The Kier molecular flexibility index (Phi) is 79.5. The predicted octanol–water partition coefficient (Wildman–Crippen LogP) is -20.8. The first-order valence-corrected chi connectivity index (χ1v) is 6.94. The Morgan fingerprint density at radius 2 is 0.273 bits per heavy atom. The Morgan fingerprint density at radius 1 is 0.273 bits per heavy atom. The smallest absolute Gasteiger partial charge is 0.357 e. The summed E-state index contributed by atoms with van der Waals surface area (Å²) in [6, 6.07) is 0. The van der Waals surface area contributed by atoms with Crippen molar-refractivity contribution in [3.05, 3.63) is 0 Å². The molecule has 22 heteroatoms. The van der Waals surface area contributed by atoms with Crippen LogP contribution in [0, 0.1) is 53.9 Å². The minimum atomic E-state index is -2.85. The van der Waals surface area contributed by atoms with E-state index in [0.717, 1.165) is 0 Å². The maximum absolute atomic E-state index is 8.41. The zero-order valence-corrected chi connectivity index (χ0v) is 18.8. The van der Waals surface area contributed by atoms with Gasteiger partial charge in [0.05, 0.1) is 53.9 Å². The van der Waals surface area contributed by atoms with E-state index >= 15 is 0 Å². The fourth-order valence-electron chi connectivity index (χ4n) is 0. The van der Waals surface area contributed by atoms with Crippen LogP contribution in [-0.4, -0.2) is 0 Å². The van der Waals surface area contributed by atoms with E-state index in [9.17, 15) is 0 Å². The monoisotopic (exact) mass is 646 g/mol. The molecule has 0 atom stereocenters. The Bertz CT molecular complexity index is 86.5. The summed E-state index contributed by atoms with van der Waals surface area (Å²) in [6.07, 6.45) is 0. The molecule has 134 valence electrons. The summed E-state index contributed by atoms with van der Waals surface area (Å²) in [5, 5.41) is 0. The van der Waals surface area contributed by atoms with Gasteiger partial charge in [0.2, 0.25) is 0 Å². The molecule has 0 heterocycles. The summed E-state index contributed by atoms with van der Waals surface area (Å²) >= 11 is 0. The Hall–Kier alpha value is 3.12. The van der Waals surface area contributed by atoms with Crippen molar-refractivity contribution in [3.8, 4) is 0 Å². The van der Waals surface area contributed by atoms with Crippen molar-refractivity contribution < 1.29 is 195 Å². The molecule has 0 unspecified atom stereocenters. The number of hydrogen-bond donors (Lipinski definition) is 0. The van der Waals surface area contributed by atoms with Gasteiger partial charge in [0, 0.05) is 0 Å². The van der Waals surface area contributed by atoms with Crippen LogP contribution < -0.4 is 121 Å². The van der Waals surface area contributed by atoms with Gasteiger partial charge in [-0.15, -0.1) is 0 Å². The molecular weight excluding hydrogens is 647 g/mol. The molecule has 0 aliphatic rings. The summed E-state index contributed by atoms with van der Waals surface area (Å²) in [7, 11) is -14.3. The van der Waals surface area contributed by atoms with E-state index in [4.69, 9.17) is 69.9 Å². The molecule has 0 amide bonds. The van der Waals surface area contributed by atoms with Crippen molar-refractivity contribution in [2.75, 3.05) is 0 Å². The van der Waals surface area contributed by atoms with Crippen LogP contribution in [0.3, 0.4) is 0 Å². The van der Waals surface area contributed by atoms with Crippen LogP contribution in [0.25, 0.3) is 0 Å². The van der Waals surface area contributed by atoms with Crippen LogP contribution in [-0.2, 0) is 19.8 Å². The average Bonchev–Trinajstić information content (AvgIpc) is 1.94. The molecule has 0 spiro atoms. The van der Waals surface area contributed by atoms with Crippen molar-refractivity contribution in [2.24, 2.45) is 0 Å². The fourth-order valence-corrected chi connectivity index (χ4v) is 0. The number of hydrogen-bond acceptors (Lipinski definition) is 15. The third kappa shape index (κ3) is 1160. The second-order valence-electron chi connectivity index (χ2n) is 0.945. The molecule has 15 nitrogen and oxygen atoms in total. The first kappa shape index (κ1) is 44.5. The summed E-state index contributed by atoms with van der Waals surface area (Å²) in [6.45, 7) is 0. The minimum absolute atomic E-state index is 0. The van der Waals surface area contributed by atoms with E-state index in [1.54, 1.807) is 0 Å². The molecule has 0 aromatic heterocycles. The van der Waals surface area contributed by atoms with Gasteiger partial charge in [-0.25, -0.2) is 0 Å².